The maximum absolute atomic E-state index is 12.2. The average Bonchev–Trinajstić information content (AvgIpc) is 2.66. The zero-order chi connectivity index (χ0) is 15.1. The maximum Gasteiger partial charge on any atom is 0.308 e. The standard InChI is InChI=1S/C15H27NO4/c1-11(15(18)19)10-16(3)14(17)12(2)20-13-8-6-4-5-7-9-13/h11-13H,4-10H2,1-3H3,(H,18,19). The molecule has 2 unspecified atom stereocenters. The normalized spacial score (nSPS) is 19.9. The number of carboxylic acid groups (broad SMARTS) is 1. The van der Waals surface area contributed by atoms with Gasteiger partial charge in [0.15, 0.2) is 0 Å². The third kappa shape index (κ3) is 5.49. The number of ether oxygens (including phenoxy) is 1. The third-order valence-corrected chi connectivity index (χ3v) is 3.89. The number of hydrogen-bond acceptors (Lipinski definition) is 3. The van der Waals surface area contributed by atoms with Gasteiger partial charge in [-0.1, -0.05) is 32.6 Å². The molecule has 0 saturated heterocycles. The quantitative estimate of drug-likeness (QED) is 0.760. The number of nitrogens with zero attached hydrogens (tertiary/aromatic N) is 1. The fourth-order valence-corrected chi connectivity index (χ4v) is 2.61. The van der Waals surface area contributed by atoms with Crippen molar-refractivity contribution in [3.63, 3.8) is 0 Å². The molecule has 0 aromatic rings. The molecule has 116 valence electrons. The summed E-state index contributed by atoms with van der Waals surface area (Å²) in [5.41, 5.74) is 0. The summed E-state index contributed by atoms with van der Waals surface area (Å²) < 4.78 is 5.86. The van der Waals surface area contributed by atoms with E-state index in [4.69, 9.17) is 9.84 Å². The summed E-state index contributed by atoms with van der Waals surface area (Å²) in [6, 6.07) is 0. The molecule has 20 heavy (non-hydrogen) atoms. The number of rotatable bonds is 6. The van der Waals surface area contributed by atoms with Crippen LogP contribution in [0.1, 0.15) is 52.4 Å². The zero-order valence-electron chi connectivity index (χ0n) is 12.8. The molecule has 1 N–H and O–H groups in total. The van der Waals surface area contributed by atoms with Gasteiger partial charge in [0, 0.05) is 13.6 Å². The van der Waals surface area contributed by atoms with Crippen molar-refractivity contribution < 1.29 is 19.4 Å². The molecule has 0 aromatic carbocycles. The van der Waals surface area contributed by atoms with E-state index >= 15 is 0 Å². The van der Waals surface area contributed by atoms with E-state index in [2.05, 4.69) is 0 Å². The lowest BCUT2D eigenvalue weighted by Crippen LogP contribution is -2.41. The minimum atomic E-state index is -0.887. The van der Waals surface area contributed by atoms with Crippen molar-refractivity contribution in [3.05, 3.63) is 0 Å². The molecule has 1 rings (SSSR count). The van der Waals surface area contributed by atoms with Gasteiger partial charge in [0.1, 0.15) is 6.10 Å². The number of likely N-dealkylation sites (N-methyl/N-ethyl adjacent to an activating group) is 1. The first-order valence-corrected chi connectivity index (χ1v) is 7.55. The zero-order valence-corrected chi connectivity index (χ0v) is 12.8. The molecule has 2 atom stereocenters. The van der Waals surface area contributed by atoms with Crippen molar-refractivity contribution >= 4 is 11.9 Å². The Bertz CT molecular complexity index is 324. The highest BCUT2D eigenvalue weighted by atomic mass is 16.5. The van der Waals surface area contributed by atoms with Crippen LogP contribution in [-0.4, -0.2) is 47.7 Å². The largest absolute Gasteiger partial charge is 0.481 e. The van der Waals surface area contributed by atoms with Crippen LogP contribution < -0.4 is 0 Å². The van der Waals surface area contributed by atoms with Crippen LogP contribution in [0.2, 0.25) is 0 Å². The van der Waals surface area contributed by atoms with Crippen LogP contribution >= 0.6 is 0 Å². The van der Waals surface area contributed by atoms with Gasteiger partial charge in [0.05, 0.1) is 12.0 Å². The van der Waals surface area contributed by atoms with Gasteiger partial charge in [0.2, 0.25) is 0 Å². The monoisotopic (exact) mass is 285 g/mol. The van der Waals surface area contributed by atoms with Crippen molar-refractivity contribution in [2.75, 3.05) is 13.6 Å². The van der Waals surface area contributed by atoms with Gasteiger partial charge in [-0.15, -0.1) is 0 Å². The minimum Gasteiger partial charge on any atom is -0.481 e. The van der Waals surface area contributed by atoms with E-state index in [-0.39, 0.29) is 18.6 Å². The summed E-state index contributed by atoms with van der Waals surface area (Å²) >= 11 is 0. The van der Waals surface area contributed by atoms with Crippen molar-refractivity contribution in [2.45, 2.75) is 64.6 Å². The Hall–Kier alpha value is -1.10. The van der Waals surface area contributed by atoms with Crippen LogP contribution in [0.15, 0.2) is 0 Å². The molecule has 0 radical (unpaired) electrons. The van der Waals surface area contributed by atoms with E-state index < -0.39 is 18.0 Å². The Labute approximate surface area is 121 Å². The average molecular weight is 285 g/mol. The molecule has 5 heteroatoms. The topological polar surface area (TPSA) is 66.8 Å². The molecule has 1 aliphatic carbocycles. The molecule has 0 spiro atoms. The Balaban J connectivity index is 2.42. The highest BCUT2D eigenvalue weighted by Gasteiger charge is 2.25. The van der Waals surface area contributed by atoms with Gasteiger partial charge in [0.25, 0.3) is 5.91 Å². The molecule has 0 aromatic heterocycles. The number of aliphatic carboxylic acids is 1. The van der Waals surface area contributed by atoms with E-state index in [1.807, 2.05) is 0 Å². The first kappa shape index (κ1) is 17.0. The fraction of sp³-hybridized carbons (Fsp3) is 0.867. The Morgan fingerprint density at radius 2 is 1.75 bits per heavy atom. The number of carboxylic acids is 1. The first-order valence-electron chi connectivity index (χ1n) is 7.55. The van der Waals surface area contributed by atoms with E-state index in [0.29, 0.717) is 0 Å². The fourth-order valence-electron chi connectivity index (χ4n) is 2.61. The summed E-state index contributed by atoms with van der Waals surface area (Å²) in [6.07, 6.45) is 6.54. The SMILES string of the molecule is CC(CN(C)C(=O)C(C)OC1CCCCCC1)C(=O)O. The van der Waals surface area contributed by atoms with Crippen molar-refractivity contribution in [1.82, 2.24) is 4.90 Å². The van der Waals surface area contributed by atoms with Gasteiger partial charge >= 0.3 is 5.97 Å². The van der Waals surface area contributed by atoms with Crippen molar-refractivity contribution in [3.8, 4) is 0 Å². The molecule has 1 fully saturated rings. The van der Waals surface area contributed by atoms with Crippen LogP contribution in [0.3, 0.4) is 0 Å². The van der Waals surface area contributed by atoms with Crippen LogP contribution in [0, 0.1) is 5.92 Å². The van der Waals surface area contributed by atoms with E-state index in [9.17, 15) is 9.59 Å². The molecule has 0 heterocycles. The summed E-state index contributed by atoms with van der Waals surface area (Å²) in [6.45, 7) is 3.57. The molecule has 1 saturated carbocycles. The van der Waals surface area contributed by atoms with Crippen LogP contribution in [-0.2, 0) is 14.3 Å². The highest BCUT2D eigenvalue weighted by Crippen LogP contribution is 2.21. The van der Waals surface area contributed by atoms with Gasteiger partial charge < -0.3 is 14.7 Å². The minimum absolute atomic E-state index is 0.137. The van der Waals surface area contributed by atoms with Crippen molar-refractivity contribution in [2.24, 2.45) is 5.92 Å². The van der Waals surface area contributed by atoms with Crippen LogP contribution in [0.4, 0.5) is 0 Å². The Morgan fingerprint density at radius 3 is 2.25 bits per heavy atom. The molecule has 1 aliphatic rings. The second-order valence-electron chi connectivity index (χ2n) is 5.85. The Morgan fingerprint density at radius 1 is 1.20 bits per heavy atom. The third-order valence-electron chi connectivity index (χ3n) is 3.89. The second kappa shape index (κ2) is 8.25. The van der Waals surface area contributed by atoms with E-state index in [1.165, 1.54) is 17.7 Å². The number of amides is 1. The number of hydrogen-bond donors (Lipinski definition) is 1. The van der Waals surface area contributed by atoms with Crippen LogP contribution in [0.25, 0.3) is 0 Å². The van der Waals surface area contributed by atoms with Crippen molar-refractivity contribution in [1.29, 1.82) is 0 Å². The lowest BCUT2D eigenvalue weighted by Gasteiger charge is -2.26. The molecule has 1 amide bonds. The molecular formula is C15H27NO4. The Kier molecular flexibility index (Phi) is 6.99. The van der Waals surface area contributed by atoms with Crippen LogP contribution in [0.5, 0.6) is 0 Å². The summed E-state index contributed by atoms with van der Waals surface area (Å²) in [5.74, 6) is -1.58. The lowest BCUT2D eigenvalue weighted by molar-refractivity contribution is -0.148. The summed E-state index contributed by atoms with van der Waals surface area (Å²) in [5, 5.41) is 8.87. The molecular weight excluding hydrogens is 258 g/mol. The summed E-state index contributed by atoms with van der Waals surface area (Å²) in [7, 11) is 1.63. The second-order valence-corrected chi connectivity index (χ2v) is 5.85. The van der Waals surface area contributed by atoms with Gasteiger partial charge in [-0.3, -0.25) is 9.59 Å². The summed E-state index contributed by atoms with van der Waals surface area (Å²) in [4.78, 5) is 24.4. The maximum atomic E-state index is 12.2. The smallest absolute Gasteiger partial charge is 0.308 e. The van der Waals surface area contributed by atoms with Gasteiger partial charge in [-0.2, -0.15) is 0 Å². The van der Waals surface area contributed by atoms with Gasteiger partial charge in [-0.05, 0) is 19.8 Å². The molecule has 0 aliphatic heterocycles. The van der Waals surface area contributed by atoms with E-state index in [1.54, 1.807) is 20.9 Å². The number of carbonyl (C=O) groups is 2. The molecule has 0 bridgehead atoms. The highest BCUT2D eigenvalue weighted by molar-refractivity contribution is 5.81. The molecule has 5 nitrogen and oxygen atoms in total. The first-order chi connectivity index (χ1) is 9.41. The predicted octanol–water partition coefficient (Wildman–Crippen LogP) is 2.29. The number of carbonyl (C=O) groups excluding carboxylic acids is 1. The lowest BCUT2D eigenvalue weighted by atomic mass is 10.1. The van der Waals surface area contributed by atoms with E-state index in [0.717, 1.165) is 25.7 Å². The van der Waals surface area contributed by atoms with Gasteiger partial charge in [-0.25, -0.2) is 0 Å². The predicted molar refractivity (Wildman–Crippen MR) is 76.5 cm³/mol.